The highest BCUT2D eigenvalue weighted by Crippen LogP contribution is 2.13. The molecule has 0 atom stereocenters. The van der Waals surface area contributed by atoms with Crippen LogP contribution >= 0.6 is 15.9 Å². The van der Waals surface area contributed by atoms with Gasteiger partial charge in [-0.15, -0.1) is 0 Å². The van der Waals surface area contributed by atoms with Gasteiger partial charge in [-0.3, -0.25) is 4.79 Å². The molecule has 0 spiro atoms. The van der Waals surface area contributed by atoms with E-state index in [1.807, 2.05) is 24.3 Å². The number of aryl methyl sites for hydroxylation is 1. The maximum absolute atomic E-state index is 10.2. The van der Waals surface area contributed by atoms with E-state index in [0.717, 1.165) is 10.9 Å². The monoisotopic (exact) mass is 242 g/mol. The number of carboxylic acids is 1. The molecule has 3 heteroatoms. The van der Waals surface area contributed by atoms with Gasteiger partial charge in [0.25, 0.3) is 0 Å². The zero-order valence-corrected chi connectivity index (χ0v) is 8.75. The zero-order chi connectivity index (χ0) is 9.68. The fraction of sp³-hybridized carbons (Fsp3) is 0.300. The summed E-state index contributed by atoms with van der Waals surface area (Å²) in [4.78, 5) is 10.2. The minimum absolute atomic E-state index is 0.243. The first-order chi connectivity index (χ1) is 6.18. The molecular weight excluding hydrogens is 232 g/mol. The van der Waals surface area contributed by atoms with E-state index >= 15 is 0 Å². The molecular formula is C10H11BrO2. The Labute approximate surface area is 85.7 Å². The van der Waals surface area contributed by atoms with E-state index in [1.165, 1.54) is 5.56 Å². The van der Waals surface area contributed by atoms with Crippen LogP contribution in [0.15, 0.2) is 28.7 Å². The molecule has 0 radical (unpaired) electrons. The number of carboxylic acid groups (broad SMARTS) is 1. The Kier molecular flexibility index (Phi) is 3.96. The van der Waals surface area contributed by atoms with Crippen molar-refractivity contribution in [3.63, 3.8) is 0 Å². The van der Waals surface area contributed by atoms with Crippen LogP contribution in [0, 0.1) is 0 Å². The number of carbonyl (C=O) groups is 1. The highest BCUT2D eigenvalue weighted by atomic mass is 79.9. The lowest BCUT2D eigenvalue weighted by Crippen LogP contribution is -1.95. The van der Waals surface area contributed by atoms with Gasteiger partial charge < -0.3 is 5.11 Å². The molecule has 70 valence electrons. The van der Waals surface area contributed by atoms with Crippen LogP contribution in [0.3, 0.4) is 0 Å². The summed E-state index contributed by atoms with van der Waals surface area (Å²) in [6, 6.07) is 7.94. The molecule has 0 aliphatic carbocycles. The Balaban J connectivity index is 2.41. The van der Waals surface area contributed by atoms with Crippen LogP contribution < -0.4 is 0 Å². The molecule has 0 fully saturated rings. The number of benzene rings is 1. The van der Waals surface area contributed by atoms with Crippen LogP contribution in [0.2, 0.25) is 0 Å². The maximum atomic E-state index is 10.2. The molecule has 2 nitrogen and oxygen atoms in total. The summed E-state index contributed by atoms with van der Waals surface area (Å²) in [5.74, 6) is -0.727. The molecule has 1 aromatic carbocycles. The molecule has 0 saturated carbocycles. The van der Waals surface area contributed by atoms with Gasteiger partial charge in [0.2, 0.25) is 0 Å². The molecule has 0 heterocycles. The molecule has 0 aromatic heterocycles. The van der Waals surface area contributed by atoms with Gasteiger partial charge in [-0.05, 0) is 30.5 Å². The Bertz CT molecular complexity index is 297. The fourth-order valence-electron chi connectivity index (χ4n) is 1.14. The average molecular weight is 243 g/mol. The minimum atomic E-state index is -0.727. The van der Waals surface area contributed by atoms with Gasteiger partial charge in [-0.1, -0.05) is 28.1 Å². The van der Waals surface area contributed by atoms with Crippen LogP contribution in [0.1, 0.15) is 18.4 Å². The first-order valence-corrected chi connectivity index (χ1v) is 4.94. The molecule has 1 aromatic rings. The smallest absolute Gasteiger partial charge is 0.303 e. The first-order valence-electron chi connectivity index (χ1n) is 4.15. The highest BCUT2D eigenvalue weighted by molar-refractivity contribution is 9.10. The first kappa shape index (κ1) is 10.3. The van der Waals surface area contributed by atoms with Gasteiger partial charge in [-0.25, -0.2) is 0 Å². The number of aliphatic carboxylic acids is 1. The lowest BCUT2D eigenvalue weighted by atomic mass is 10.1. The van der Waals surface area contributed by atoms with Crippen LogP contribution in [0.5, 0.6) is 0 Å². The normalized spacial score (nSPS) is 9.92. The van der Waals surface area contributed by atoms with Crippen molar-refractivity contribution in [1.29, 1.82) is 0 Å². The number of halogens is 1. The van der Waals surface area contributed by atoms with Crippen molar-refractivity contribution in [3.8, 4) is 0 Å². The largest absolute Gasteiger partial charge is 0.481 e. The van der Waals surface area contributed by atoms with Crippen LogP contribution in [0.4, 0.5) is 0 Å². The van der Waals surface area contributed by atoms with E-state index in [0.29, 0.717) is 6.42 Å². The van der Waals surface area contributed by atoms with Crippen molar-refractivity contribution in [2.24, 2.45) is 0 Å². The van der Waals surface area contributed by atoms with Crippen LogP contribution in [-0.2, 0) is 11.2 Å². The van der Waals surface area contributed by atoms with Gasteiger partial charge in [0.15, 0.2) is 0 Å². The third-order valence-electron chi connectivity index (χ3n) is 1.75. The quantitative estimate of drug-likeness (QED) is 0.882. The van der Waals surface area contributed by atoms with E-state index in [4.69, 9.17) is 5.11 Å². The SMILES string of the molecule is O=C(O)CCCc1cccc(Br)c1. The number of hydrogen-bond donors (Lipinski definition) is 1. The highest BCUT2D eigenvalue weighted by Gasteiger charge is 1.98. The van der Waals surface area contributed by atoms with Crippen molar-refractivity contribution >= 4 is 21.9 Å². The molecule has 0 amide bonds. The minimum Gasteiger partial charge on any atom is -0.481 e. The van der Waals surface area contributed by atoms with E-state index in [-0.39, 0.29) is 6.42 Å². The van der Waals surface area contributed by atoms with Gasteiger partial charge >= 0.3 is 5.97 Å². The fourth-order valence-corrected chi connectivity index (χ4v) is 1.58. The predicted molar refractivity (Wildman–Crippen MR) is 54.7 cm³/mol. The van der Waals surface area contributed by atoms with Gasteiger partial charge in [0.05, 0.1) is 0 Å². The topological polar surface area (TPSA) is 37.3 Å². The van der Waals surface area contributed by atoms with E-state index in [2.05, 4.69) is 15.9 Å². The van der Waals surface area contributed by atoms with Gasteiger partial charge in [0, 0.05) is 10.9 Å². The van der Waals surface area contributed by atoms with Crippen molar-refractivity contribution in [3.05, 3.63) is 34.3 Å². The third-order valence-corrected chi connectivity index (χ3v) is 2.24. The van der Waals surface area contributed by atoms with Crippen LogP contribution in [-0.4, -0.2) is 11.1 Å². The van der Waals surface area contributed by atoms with E-state index < -0.39 is 5.97 Å². The molecule has 0 bridgehead atoms. The molecule has 0 aliphatic rings. The summed E-state index contributed by atoms with van der Waals surface area (Å²) < 4.78 is 1.04. The van der Waals surface area contributed by atoms with E-state index in [9.17, 15) is 4.79 Å². The molecule has 0 aliphatic heterocycles. The molecule has 13 heavy (non-hydrogen) atoms. The summed E-state index contributed by atoms with van der Waals surface area (Å²) in [5.41, 5.74) is 1.18. The van der Waals surface area contributed by atoms with Crippen molar-refractivity contribution < 1.29 is 9.90 Å². The predicted octanol–water partition coefficient (Wildman–Crippen LogP) is 2.86. The maximum Gasteiger partial charge on any atom is 0.303 e. The van der Waals surface area contributed by atoms with Crippen molar-refractivity contribution in [2.45, 2.75) is 19.3 Å². The Hall–Kier alpha value is -0.830. The Morgan fingerprint density at radius 3 is 2.85 bits per heavy atom. The zero-order valence-electron chi connectivity index (χ0n) is 7.16. The molecule has 1 N–H and O–H groups in total. The van der Waals surface area contributed by atoms with Crippen molar-refractivity contribution in [2.75, 3.05) is 0 Å². The number of rotatable bonds is 4. The summed E-state index contributed by atoms with van der Waals surface area (Å²) in [6.07, 6.45) is 1.77. The summed E-state index contributed by atoms with van der Waals surface area (Å²) in [5, 5.41) is 8.44. The lowest BCUT2D eigenvalue weighted by Gasteiger charge is -1.99. The summed E-state index contributed by atoms with van der Waals surface area (Å²) >= 11 is 3.37. The third kappa shape index (κ3) is 4.08. The number of hydrogen-bond acceptors (Lipinski definition) is 1. The van der Waals surface area contributed by atoms with Crippen molar-refractivity contribution in [1.82, 2.24) is 0 Å². The average Bonchev–Trinajstić information content (AvgIpc) is 2.03. The molecule has 1 rings (SSSR count). The second kappa shape index (κ2) is 5.02. The molecule has 0 unspecified atom stereocenters. The summed E-state index contributed by atoms with van der Waals surface area (Å²) in [7, 11) is 0. The second-order valence-corrected chi connectivity index (χ2v) is 3.79. The van der Waals surface area contributed by atoms with Gasteiger partial charge in [-0.2, -0.15) is 0 Å². The second-order valence-electron chi connectivity index (χ2n) is 2.88. The Morgan fingerprint density at radius 1 is 1.46 bits per heavy atom. The van der Waals surface area contributed by atoms with Gasteiger partial charge in [0.1, 0.15) is 0 Å². The van der Waals surface area contributed by atoms with E-state index in [1.54, 1.807) is 0 Å². The Morgan fingerprint density at radius 2 is 2.23 bits per heavy atom. The summed E-state index contributed by atoms with van der Waals surface area (Å²) in [6.45, 7) is 0. The van der Waals surface area contributed by atoms with Crippen LogP contribution in [0.25, 0.3) is 0 Å². The molecule has 0 saturated heterocycles. The standard InChI is InChI=1S/C10H11BrO2/c11-9-5-1-3-8(7-9)4-2-6-10(12)13/h1,3,5,7H,2,4,6H2,(H,12,13). The lowest BCUT2D eigenvalue weighted by molar-refractivity contribution is -0.137.